The third kappa shape index (κ3) is 6.33. The van der Waals surface area contributed by atoms with Gasteiger partial charge < -0.3 is 9.84 Å². The quantitative estimate of drug-likeness (QED) is 0.350. The van der Waals surface area contributed by atoms with Gasteiger partial charge in [-0.15, -0.1) is 0 Å². The lowest BCUT2D eigenvalue weighted by Gasteiger charge is -2.41. The Labute approximate surface area is 227 Å². The number of aryl methyl sites for hydroxylation is 3. The molecular weight excluding hydrogens is 472 g/mol. The molecule has 0 saturated heterocycles. The van der Waals surface area contributed by atoms with Crippen LogP contribution in [0.3, 0.4) is 0 Å². The molecule has 0 radical (unpaired) electrons. The van der Waals surface area contributed by atoms with E-state index in [1.54, 1.807) is 0 Å². The van der Waals surface area contributed by atoms with E-state index in [2.05, 4.69) is 80.3 Å². The van der Waals surface area contributed by atoms with Crippen molar-refractivity contribution < 1.29 is 14.6 Å². The fourth-order valence-electron chi connectivity index (χ4n) is 5.65. The molecule has 4 rings (SSSR count). The molecule has 1 atom stereocenters. The molecule has 2 heterocycles. The fraction of sp³-hybridized carbons (Fsp3) is 0.455. The number of ether oxygens (including phenoxy) is 1. The predicted molar refractivity (Wildman–Crippen MR) is 153 cm³/mol. The van der Waals surface area contributed by atoms with E-state index in [4.69, 9.17) is 9.72 Å². The van der Waals surface area contributed by atoms with Crippen molar-refractivity contribution in [3.05, 3.63) is 88.2 Å². The molecule has 0 fully saturated rings. The highest BCUT2D eigenvalue weighted by Crippen LogP contribution is 2.43. The minimum absolute atomic E-state index is 0.174. The Bertz CT molecular complexity index is 1270. The number of carboxylic acid groups (broad SMARTS) is 1. The van der Waals surface area contributed by atoms with Gasteiger partial charge in [0.1, 0.15) is 0 Å². The molecule has 0 bridgehead atoms. The third-order valence-electron chi connectivity index (χ3n) is 7.25. The molecule has 5 heteroatoms. The molecule has 1 aromatic heterocycles. The summed E-state index contributed by atoms with van der Waals surface area (Å²) < 4.78 is 6.18. The lowest BCUT2D eigenvalue weighted by Crippen LogP contribution is -2.44. The monoisotopic (exact) mass is 514 g/mol. The van der Waals surface area contributed by atoms with Crippen molar-refractivity contribution in [2.45, 2.75) is 85.0 Å². The number of hydrogen-bond acceptors (Lipinski definition) is 4. The molecule has 1 N–H and O–H groups in total. The Morgan fingerprint density at radius 3 is 2.34 bits per heavy atom. The fourth-order valence-corrected chi connectivity index (χ4v) is 5.65. The third-order valence-corrected chi connectivity index (χ3v) is 7.25. The van der Waals surface area contributed by atoms with Crippen LogP contribution in [-0.2, 0) is 27.9 Å². The van der Waals surface area contributed by atoms with E-state index in [1.165, 1.54) is 11.1 Å². The smallest absolute Gasteiger partial charge is 0.337 e. The van der Waals surface area contributed by atoms with Gasteiger partial charge in [-0.2, -0.15) is 0 Å². The summed E-state index contributed by atoms with van der Waals surface area (Å²) in [6.07, 6.45) is 0.986. The van der Waals surface area contributed by atoms with E-state index in [9.17, 15) is 9.90 Å². The summed E-state index contributed by atoms with van der Waals surface area (Å²) in [5, 5.41) is 10.3. The Balaban J connectivity index is 1.81. The van der Waals surface area contributed by atoms with E-state index < -0.39 is 17.7 Å². The largest absolute Gasteiger partial charge is 0.479 e. The number of carboxylic acids is 1. The first-order valence-corrected chi connectivity index (χ1v) is 13.6. The van der Waals surface area contributed by atoms with Gasteiger partial charge in [0.05, 0.1) is 11.3 Å². The predicted octanol–water partition coefficient (Wildman–Crippen LogP) is 7.03. The number of benzene rings is 2. The van der Waals surface area contributed by atoms with Crippen molar-refractivity contribution >= 4 is 5.97 Å². The molecule has 0 saturated carbocycles. The van der Waals surface area contributed by atoms with Crippen LogP contribution in [0.4, 0.5) is 0 Å². The van der Waals surface area contributed by atoms with Crippen molar-refractivity contribution in [3.8, 4) is 11.1 Å². The molecule has 0 spiro atoms. The SMILES string of the molecule is Cc1ccc(-c2c3c(nc(C)c2C(OC(C)(C)C)C(=O)O)C(C)(C)CN(CCCc2ccccc2)C3)cc1. The number of carbonyl (C=O) groups is 1. The van der Waals surface area contributed by atoms with Crippen LogP contribution in [0.1, 0.15) is 80.8 Å². The summed E-state index contributed by atoms with van der Waals surface area (Å²) in [5.74, 6) is -0.993. The van der Waals surface area contributed by atoms with E-state index in [1.807, 2.05) is 27.7 Å². The van der Waals surface area contributed by atoms with Crippen LogP contribution < -0.4 is 0 Å². The van der Waals surface area contributed by atoms with Gasteiger partial charge in [0.15, 0.2) is 6.10 Å². The van der Waals surface area contributed by atoms with Crippen molar-refractivity contribution in [1.82, 2.24) is 9.88 Å². The minimum atomic E-state index is -1.11. The molecule has 1 aliphatic heterocycles. The number of rotatable bonds is 8. The number of aromatic nitrogens is 1. The first-order chi connectivity index (χ1) is 17.9. The van der Waals surface area contributed by atoms with Crippen LogP contribution in [0.5, 0.6) is 0 Å². The number of pyridine rings is 1. The zero-order valence-corrected chi connectivity index (χ0v) is 24.0. The van der Waals surface area contributed by atoms with Gasteiger partial charge >= 0.3 is 5.97 Å². The molecular formula is C33H42N2O3. The van der Waals surface area contributed by atoms with Crippen molar-refractivity contribution in [1.29, 1.82) is 0 Å². The zero-order valence-electron chi connectivity index (χ0n) is 24.0. The molecule has 202 valence electrons. The Morgan fingerprint density at radius 1 is 1.08 bits per heavy atom. The maximum atomic E-state index is 12.6. The second-order valence-corrected chi connectivity index (χ2v) is 12.3. The molecule has 5 nitrogen and oxygen atoms in total. The van der Waals surface area contributed by atoms with Crippen LogP contribution in [0.25, 0.3) is 11.1 Å². The first kappa shape index (κ1) is 28.0. The van der Waals surface area contributed by atoms with Gasteiger partial charge in [-0.3, -0.25) is 9.88 Å². The van der Waals surface area contributed by atoms with Crippen LogP contribution in [0.2, 0.25) is 0 Å². The van der Waals surface area contributed by atoms with Gasteiger partial charge in [0.2, 0.25) is 0 Å². The Morgan fingerprint density at radius 2 is 1.74 bits per heavy atom. The Kier molecular flexibility index (Phi) is 8.10. The average molecular weight is 515 g/mol. The number of hydrogen-bond donors (Lipinski definition) is 1. The summed E-state index contributed by atoms with van der Waals surface area (Å²) in [4.78, 5) is 20.2. The highest BCUT2D eigenvalue weighted by atomic mass is 16.5. The van der Waals surface area contributed by atoms with Crippen LogP contribution in [0, 0.1) is 13.8 Å². The summed E-state index contributed by atoms with van der Waals surface area (Å²) >= 11 is 0. The van der Waals surface area contributed by atoms with E-state index in [0.717, 1.165) is 60.6 Å². The molecule has 0 aliphatic carbocycles. The average Bonchev–Trinajstić information content (AvgIpc) is 2.83. The van der Waals surface area contributed by atoms with Gasteiger partial charge in [-0.05, 0) is 76.3 Å². The number of aliphatic carboxylic acids is 1. The molecule has 3 aromatic rings. The minimum Gasteiger partial charge on any atom is -0.479 e. The lowest BCUT2D eigenvalue weighted by molar-refractivity contribution is -0.160. The number of nitrogens with zero attached hydrogens (tertiary/aromatic N) is 2. The van der Waals surface area contributed by atoms with Crippen molar-refractivity contribution in [2.75, 3.05) is 13.1 Å². The second kappa shape index (κ2) is 11.0. The van der Waals surface area contributed by atoms with Gasteiger partial charge in [-0.1, -0.05) is 74.0 Å². The maximum absolute atomic E-state index is 12.6. The van der Waals surface area contributed by atoms with E-state index in [0.29, 0.717) is 5.56 Å². The topological polar surface area (TPSA) is 62.7 Å². The molecule has 1 aliphatic rings. The Hall–Kier alpha value is -3.02. The van der Waals surface area contributed by atoms with E-state index >= 15 is 0 Å². The summed E-state index contributed by atoms with van der Waals surface area (Å²) in [5.41, 5.74) is 7.27. The molecule has 0 amide bonds. The second-order valence-electron chi connectivity index (χ2n) is 12.3. The number of fused-ring (bicyclic) bond motifs is 1. The van der Waals surface area contributed by atoms with Crippen LogP contribution in [0.15, 0.2) is 54.6 Å². The van der Waals surface area contributed by atoms with Gasteiger partial charge in [-0.25, -0.2) is 4.79 Å². The lowest BCUT2D eigenvalue weighted by atomic mass is 9.77. The summed E-state index contributed by atoms with van der Waals surface area (Å²) in [6.45, 7) is 16.8. The highest BCUT2D eigenvalue weighted by Gasteiger charge is 2.39. The van der Waals surface area contributed by atoms with Crippen molar-refractivity contribution in [2.24, 2.45) is 0 Å². The standard InChI is InChI=1S/C33H42N2O3/c1-22-15-17-25(18-16-22)28-26-20-35(19-11-14-24-12-9-8-10-13-24)21-33(6,7)30(26)34-23(2)27(28)29(31(36)37)38-32(3,4)5/h8-10,12-13,15-18,29H,11,14,19-21H2,1-7H3,(H,36,37). The van der Waals surface area contributed by atoms with Crippen LogP contribution >= 0.6 is 0 Å². The first-order valence-electron chi connectivity index (χ1n) is 13.6. The van der Waals surface area contributed by atoms with Crippen LogP contribution in [-0.4, -0.2) is 39.7 Å². The van der Waals surface area contributed by atoms with Gasteiger partial charge in [0.25, 0.3) is 0 Å². The maximum Gasteiger partial charge on any atom is 0.337 e. The van der Waals surface area contributed by atoms with E-state index in [-0.39, 0.29) is 5.41 Å². The molecule has 2 aromatic carbocycles. The van der Waals surface area contributed by atoms with Crippen molar-refractivity contribution in [3.63, 3.8) is 0 Å². The highest BCUT2D eigenvalue weighted by molar-refractivity contribution is 5.82. The normalized spacial score (nSPS) is 16.2. The zero-order chi connectivity index (χ0) is 27.7. The van der Waals surface area contributed by atoms with Gasteiger partial charge in [0, 0.05) is 29.8 Å². The molecule has 1 unspecified atom stereocenters. The summed E-state index contributed by atoms with van der Waals surface area (Å²) in [6, 6.07) is 19.0. The summed E-state index contributed by atoms with van der Waals surface area (Å²) in [7, 11) is 0. The molecule has 38 heavy (non-hydrogen) atoms.